The zero-order valence-corrected chi connectivity index (χ0v) is 21.8. The predicted octanol–water partition coefficient (Wildman–Crippen LogP) is 6.95. The van der Waals surface area contributed by atoms with Gasteiger partial charge in [-0.2, -0.15) is 6.07 Å². The molecule has 0 fully saturated rings. The van der Waals surface area contributed by atoms with Crippen molar-refractivity contribution in [2.75, 3.05) is 0 Å². The van der Waals surface area contributed by atoms with Gasteiger partial charge in [0.1, 0.15) is 0 Å². The Labute approximate surface area is 216 Å². The van der Waals surface area contributed by atoms with Crippen molar-refractivity contribution in [3.8, 4) is 11.3 Å². The minimum Gasteiger partial charge on any atom is -0.300 e. The van der Waals surface area contributed by atoms with Crippen LogP contribution in [0.15, 0.2) is 60.7 Å². The minimum absolute atomic E-state index is 0. The predicted molar refractivity (Wildman–Crippen MR) is 122 cm³/mol. The van der Waals surface area contributed by atoms with E-state index in [4.69, 9.17) is 4.98 Å². The third kappa shape index (κ3) is 5.23. The van der Waals surface area contributed by atoms with Gasteiger partial charge in [-0.25, -0.2) is 0 Å². The van der Waals surface area contributed by atoms with Crippen LogP contribution in [0.3, 0.4) is 0 Å². The summed E-state index contributed by atoms with van der Waals surface area (Å²) in [5.41, 5.74) is 0.868. The van der Waals surface area contributed by atoms with Gasteiger partial charge in [-0.1, -0.05) is 43.7 Å². The standard InChI is InChI=1S/C28H22F4N2.Pt/c1-27(2,20-14-12-18(30)16-22(20)32)24-9-6-10-26(34-24)28(3,4)25-8-5-7-23(33-25)19-13-11-17(29)15-21(19)31;/h5-12,15-16H,1-4H3;/q-2;+2. The van der Waals surface area contributed by atoms with Crippen LogP contribution in [-0.4, -0.2) is 9.97 Å². The van der Waals surface area contributed by atoms with Crippen molar-refractivity contribution in [2.45, 2.75) is 38.5 Å². The van der Waals surface area contributed by atoms with Crippen LogP contribution in [0.25, 0.3) is 11.3 Å². The summed E-state index contributed by atoms with van der Waals surface area (Å²) in [5, 5.41) is 0. The van der Waals surface area contributed by atoms with Crippen LogP contribution in [-0.2, 0) is 31.9 Å². The zero-order valence-electron chi connectivity index (χ0n) is 19.5. The molecule has 4 aromatic rings. The Morgan fingerprint density at radius 3 is 1.77 bits per heavy atom. The molecule has 0 N–H and O–H groups in total. The van der Waals surface area contributed by atoms with Crippen molar-refractivity contribution in [1.29, 1.82) is 0 Å². The second-order valence-corrected chi connectivity index (χ2v) is 9.15. The van der Waals surface area contributed by atoms with E-state index in [1.807, 2.05) is 26.0 Å². The molecule has 0 aliphatic carbocycles. The van der Waals surface area contributed by atoms with Crippen LogP contribution in [0.2, 0.25) is 0 Å². The van der Waals surface area contributed by atoms with E-state index in [0.717, 1.165) is 24.3 Å². The molecule has 35 heavy (non-hydrogen) atoms. The van der Waals surface area contributed by atoms with Crippen LogP contribution in [0.5, 0.6) is 0 Å². The average molecular weight is 658 g/mol. The van der Waals surface area contributed by atoms with E-state index in [1.165, 1.54) is 0 Å². The van der Waals surface area contributed by atoms with Crippen molar-refractivity contribution in [3.05, 3.63) is 119 Å². The average Bonchev–Trinajstić information content (AvgIpc) is 2.79. The molecule has 0 unspecified atom stereocenters. The van der Waals surface area contributed by atoms with Crippen molar-refractivity contribution < 1.29 is 38.6 Å². The Balaban J connectivity index is 0.00000342. The molecule has 0 amide bonds. The van der Waals surface area contributed by atoms with Gasteiger partial charge < -0.3 is 4.98 Å². The molecule has 0 aliphatic heterocycles. The zero-order chi connectivity index (χ0) is 24.7. The molecular formula is C28H22F4N2Pt. The van der Waals surface area contributed by atoms with Gasteiger partial charge >= 0.3 is 21.1 Å². The third-order valence-electron chi connectivity index (χ3n) is 6.02. The van der Waals surface area contributed by atoms with E-state index in [9.17, 15) is 17.6 Å². The molecule has 4 rings (SSSR count). The summed E-state index contributed by atoms with van der Waals surface area (Å²) >= 11 is 0. The Morgan fingerprint density at radius 2 is 1.17 bits per heavy atom. The first-order valence-corrected chi connectivity index (χ1v) is 10.7. The van der Waals surface area contributed by atoms with Crippen LogP contribution >= 0.6 is 0 Å². The maximum absolute atomic E-state index is 14.5. The van der Waals surface area contributed by atoms with Gasteiger partial charge in [-0.15, -0.1) is 29.8 Å². The number of benzene rings is 2. The fraction of sp³-hybridized carbons (Fsp3) is 0.214. The molecule has 2 aromatic carbocycles. The van der Waals surface area contributed by atoms with Gasteiger partial charge in [0, 0.05) is 45.5 Å². The fourth-order valence-electron chi connectivity index (χ4n) is 3.88. The first-order chi connectivity index (χ1) is 16.0. The van der Waals surface area contributed by atoms with Crippen LogP contribution in [0, 0.1) is 35.4 Å². The Hall–Kier alpha value is -2.85. The largest absolute Gasteiger partial charge is 2.00 e. The van der Waals surface area contributed by atoms with Gasteiger partial charge in [-0.3, -0.25) is 22.5 Å². The number of rotatable bonds is 5. The molecule has 182 valence electrons. The van der Waals surface area contributed by atoms with Gasteiger partial charge in [0.15, 0.2) is 0 Å². The quantitative estimate of drug-likeness (QED) is 0.172. The molecule has 2 heterocycles. The molecule has 2 nitrogen and oxygen atoms in total. The number of halogens is 4. The third-order valence-corrected chi connectivity index (χ3v) is 6.02. The Bertz CT molecular complexity index is 1370. The van der Waals surface area contributed by atoms with Crippen LogP contribution < -0.4 is 0 Å². The molecular weight excluding hydrogens is 635 g/mol. The number of hydrogen-bond acceptors (Lipinski definition) is 2. The molecule has 7 heteroatoms. The first-order valence-electron chi connectivity index (χ1n) is 10.7. The molecule has 0 aliphatic rings. The summed E-state index contributed by atoms with van der Waals surface area (Å²) in [5.74, 6) is -2.85. The van der Waals surface area contributed by atoms with E-state index in [2.05, 4.69) is 17.1 Å². The molecule has 0 radical (unpaired) electrons. The molecule has 0 spiro atoms. The van der Waals surface area contributed by atoms with Gasteiger partial charge in [0.05, 0.1) is 5.69 Å². The number of aromatic nitrogens is 2. The molecule has 0 bridgehead atoms. The van der Waals surface area contributed by atoms with E-state index in [1.54, 1.807) is 38.1 Å². The van der Waals surface area contributed by atoms with E-state index >= 15 is 0 Å². The minimum atomic E-state index is -0.884. The second kappa shape index (κ2) is 10.0. The molecule has 0 saturated carbocycles. The summed E-state index contributed by atoms with van der Waals surface area (Å²) in [6.07, 6.45) is 0. The molecule has 0 saturated heterocycles. The monoisotopic (exact) mass is 657 g/mol. The molecule has 2 aromatic heterocycles. The fourth-order valence-corrected chi connectivity index (χ4v) is 3.88. The van der Waals surface area contributed by atoms with Crippen molar-refractivity contribution >= 4 is 0 Å². The smallest absolute Gasteiger partial charge is 0.300 e. The van der Waals surface area contributed by atoms with Crippen molar-refractivity contribution in [2.24, 2.45) is 0 Å². The maximum Gasteiger partial charge on any atom is 2.00 e. The normalized spacial score (nSPS) is 11.8. The number of pyridine rings is 2. The number of hydrogen-bond donors (Lipinski definition) is 0. The van der Waals surface area contributed by atoms with Crippen LogP contribution in [0.4, 0.5) is 17.6 Å². The van der Waals surface area contributed by atoms with E-state index in [-0.39, 0.29) is 32.2 Å². The summed E-state index contributed by atoms with van der Waals surface area (Å²) in [6.45, 7) is 7.44. The van der Waals surface area contributed by atoms with Gasteiger partial charge in [-0.05, 0) is 37.7 Å². The van der Waals surface area contributed by atoms with Gasteiger partial charge in [0.2, 0.25) is 0 Å². The van der Waals surface area contributed by atoms with E-state index < -0.39 is 34.1 Å². The van der Waals surface area contributed by atoms with Crippen molar-refractivity contribution in [1.82, 2.24) is 9.97 Å². The topological polar surface area (TPSA) is 25.8 Å². The van der Waals surface area contributed by atoms with Gasteiger partial charge in [0.25, 0.3) is 0 Å². The Morgan fingerprint density at radius 1 is 0.657 bits per heavy atom. The maximum atomic E-state index is 14.5. The SMILES string of the molecule is CC(C)(c1cccc(-c2[c-]cc(F)cc2F)n1)c1cccc(C(C)(C)c2[c-]cc(F)cc2F)n1.[Pt+2]. The summed E-state index contributed by atoms with van der Waals surface area (Å²) in [4.78, 5) is 9.43. The summed E-state index contributed by atoms with van der Waals surface area (Å²) < 4.78 is 55.6. The summed E-state index contributed by atoms with van der Waals surface area (Å²) in [6, 6.07) is 19.7. The van der Waals surface area contributed by atoms with Crippen LogP contribution in [0.1, 0.15) is 50.3 Å². The van der Waals surface area contributed by atoms with Crippen molar-refractivity contribution in [3.63, 3.8) is 0 Å². The second-order valence-electron chi connectivity index (χ2n) is 9.15. The number of nitrogens with zero attached hydrogens (tertiary/aromatic N) is 2. The molecule has 0 atom stereocenters. The first kappa shape index (κ1) is 26.7. The Kier molecular flexibility index (Phi) is 7.66. The summed E-state index contributed by atoms with van der Waals surface area (Å²) in [7, 11) is 0. The van der Waals surface area contributed by atoms with E-state index in [0.29, 0.717) is 22.8 Å².